The summed E-state index contributed by atoms with van der Waals surface area (Å²) < 4.78 is 5.15. The molecule has 0 aliphatic heterocycles. The van der Waals surface area contributed by atoms with Crippen LogP contribution in [0.5, 0.6) is 0 Å². The fourth-order valence-corrected chi connectivity index (χ4v) is 2.60. The van der Waals surface area contributed by atoms with Crippen LogP contribution in [0.2, 0.25) is 0 Å². The molecule has 0 amide bonds. The van der Waals surface area contributed by atoms with Crippen LogP contribution in [0.15, 0.2) is 36.9 Å². The number of carbonyl (C=O) groups excluding carboxylic acids is 1. The molecular formula is C16H20O2. The van der Waals surface area contributed by atoms with Gasteiger partial charge in [0.05, 0.1) is 12.0 Å². The van der Waals surface area contributed by atoms with E-state index in [1.807, 2.05) is 13.8 Å². The molecule has 0 spiro atoms. The highest BCUT2D eigenvalue weighted by molar-refractivity contribution is 5.78. The largest absolute Gasteiger partial charge is 0.465 e. The van der Waals surface area contributed by atoms with Gasteiger partial charge in [-0.15, -0.1) is 6.58 Å². The SMILES string of the molecule is C=CC(C)(CC1Cc2ccccc21)C(=O)OCC. The van der Waals surface area contributed by atoms with Gasteiger partial charge >= 0.3 is 5.97 Å². The molecule has 18 heavy (non-hydrogen) atoms. The second kappa shape index (κ2) is 4.97. The van der Waals surface area contributed by atoms with Gasteiger partial charge in [0.1, 0.15) is 0 Å². The minimum Gasteiger partial charge on any atom is -0.465 e. The van der Waals surface area contributed by atoms with E-state index in [9.17, 15) is 4.79 Å². The number of hydrogen-bond acceptors (Lipinski definition) is 2. The minimum absolute atomic E-state index is 0.163. The van der Waals surface area contributed by atoms with Crippen LogP contribution in [0.3, 0.4) is 0 Å². The lowest BCUT2D eigenvalue weighted by Crippen LogP contribution is -2.32. The Hall–Kier alpha value is -1.57. The van der Waals surface area contributed by atoms with Crippen LogP contribution in [0, 0.1) is 5.41 Å². The maximum absolute atomic E-state index is 12.0. The van der Waals surface area contributed by atoms with Crippen molar-refractivity contribution in [2.75, 3.05) is 6.61 Å². The molecule has 1 aromatic carbocycles. The molecule has 0 radical (unpaired) electrons. The molecule has 1 aliphatic carbocycles. The summed E-state index contributed by atoms with van der Waals surface area (Å²) in [5, 5.41) is 0. The number of hydrogen-bond donors (Lipinski definition) is 0. The molecule has 96 valence electrons. The zero-order valence-electron chi connectivity index (χ0n) is 11.1. The van der Waals surface area contributed by atoms with Crippen molar-refractivity contribution in [1.82, 2.24) is 0 Å². The first-order valence-corrected chi connectivity index (χ1v) is 6.49. The van der Waals surface area contributed by atoms with Gasteiger partial charge in [-0.3, -0.25) is 4.79 Å². The third-order valence-electron chi connectivity index (χ3n) is 3.82. The van der Waals surface area contributed by atoms with Crippen LogP contribution >= 0.6 is 0 Å². The quantitative estimate of drug-likeness (QED) is 0.585. The highest BCUT2D eigenvalue weighted by Gasteiger charge is 2.38. The summed E-state index contributed by atoms with van der Waals surface area (Å²) >= 11 is 0. The zero-order valence-corrected chi connectivity index (χ0v) is 11.1. The predicted octanol–water partition coefficient (Wildman–Crippen LogP) is 3.47. The first kappa shape index (κ1) is 12.9. The third-order valence-corrected chi connectivity index (χ3v) is 3.82. The summed E-state index contributed by atoms with van der Waals surface area (Å²) in [7, 11) is 0. The van der Waals surface area contributed by atoms with Crippen molar-refractivity contribution < 1.29 is 9.53 Å². The number of ether oxygens (including phenoxy) is 1. The molecule has 0 aromatic heterocycles. The summed E-state index contributed by atoms with van der Waals surface area (Å²) in [6.07, 6.45) is 3.57. The van der Waals surface area contributed by atoms with Crippen molar-refractivity contribution in [1.29, 1.82) is 0 Å². The Morgan fingerprint density at radius 1 is 1.56 bits per heavy atom. The molecule has 2 unspecified atom stereocenters. The average molecular weight is 244 g/mol. The second-order valence-corrected chi connectivity index (χ2v) is 5.15. The summed E-state index contributed by atoms with van der Waals surface area (Å²) in [4.78, 5) is 12.0. The second-order valence-electron chi connectivity index (χ2n) is 5.15. The number of fused-ring (bicyclic) bond motifs is 1. The van der Waals surface area contributed by atoms with Gasteiger partial charge in [-0.1, -0.05) is 30.3 Å². The van der Waals surface area contributed by atoms with Gasteiger partial charge in [-0.2, -0.15) is 0 Å². The molecule has 2 rings (SSSR count). The fourth-order valence-electron chi connectivity index (χ4n) is 2.60. The monoisotopic (exact) mass is 244 g/mol. The van der Waals surface area contributed by atoms with Crippen molar-refractivity contribution in [2.24, 2.45) is 5.41 Å². The Balaban J connectivity index is 2.09. The lowest BCUT2D eigenvalue weighted by molar-refractivity contribution is -0.152. The van der Waals surface area contributed by atoms with Crippen LogP contribution in [0.1, 0.15) is 37.3 Å². The van der Waals surface area contributed by atoms with Gasteiger partial charge in [0.2, 0.25) is 0 Å². The Morgan fingerprint density at radius 3 is 2.89 bits per heavy atom. The van der Waals surface area contributed by atoms with Crippen molar-refractivity contribution in [2.45, 2.75) is 32.6 Å². The Bertz CT molecular complexity index is 464. The Kier molecular flexibility index (Phi) is 3.55. The van der Waals surface area contributed by atoms with Crippen LogP contribution in [0.25, 0.3) is 0 Å². The summed E-state index contributed by atoms with van der Waals surface area (Å²) in [6, 6.07) is 8.42. The first-order valence-electron chi connectivity index (χ1n) is 6.49. The standard InChI is InChI=1S/C16H20O2/c1-4-16(3,15(17)18-5-2)11-13-10-12-8-6-7-9-14(12)13/h4,6-9,13H,1,5,10-11H2,2-3H3. The lowest BCUT2D eigenvalue weighted by Gasteiger charge is -2.35. The number of rotatable bonds is 5. The van der Waals surface area contributed by atoms with Gasteiger partial charge in [0.25, 0.3) is 0 Å². The molecule has 2 heteroatoms. The zero-order chi connectivity index (χ0) is 13.2. The molecule has 0 N–H and O–H groups in total. The van der Waals surface area contributed by atoms with E-state index in [0.29, 0.717) is 12.5 Å². The van der Waals surface area contributed by atoms with E-state index in [1.54, 1.807) is 6.08 Å². The molecule has 0 fully saturated rings. The van der Waals surface area contributed by atoms with E-state index in [4.69, 9.17) is 4.74 Å². The van der Waals surface area contributed by atoms with E-state index in [2.05, 4.69) is 30.8 Å². The van der Waals surface area contributed by atoms with Gasteiger partial charge < -0.3 is 4.74 Å². The fraction of sp³-hybridized carbons (Fsp3) is 0.438. The average Bonchev–Trinajstić information content (AvgIpc) is 2.36. The smallest absolute Gasteiger partial charge is 0.315 e. The van der Waals surface area contributed by atoms with Gasteiger partial charge in [0.15, 0.2) is 0 Å². The van der Waals surface area contributed by atoms with Gasteiger partial charge in [0, 0.05) is 0 Å². The molecule has 0 bridgehead atoms. The van der Waals surface area contributed by atoms with Crippen LogP contribution < -0.4 is 0 Å². The minimum atomic E-state index is -0.575. The van der Waals surface area contributed by atoms with Crippen molar-refractivity contribution in [3.8, 4) is 0 Å². The van der Waals surface area contributed by atoms with E-state index in [0.717, 1.165) is 12.8 Å². The number of esters is 1. The van der Waals surface area contributed by atoms with Crippen molar-refractivity contribution in [3.05, 3.63) is 48.0 Å². The molecule has 0 heterocycles. The Morgan fingerprint density at radius 2 is 2.28 bits per heavy atom. The highest BCUT2D eigenvalue weighted by Crippen LogP contribution is 2.43. The molecular weight excluding hydrogens is 224 g/mol. The molecule has 0 saturated carbocycles. The van der Waals surface area contributed by atoms with Crippen molar-refractivity contribution >= 4 is 5.97 Å². The van der Waals surface area contributed by atoms with Gasteiger partial charge in [-0.05, 0) is 43.7 Å². The first-order chi connectivity index (χ1) is 8.60. The van der Waals surface area contributed by atoms with E-state index in [-0.39, 0.29) is 5.97 Å². The maximum atomic E-state index is 12.0. The summed E-state index contributed by atoms with van der Waals surface area (Å²) in [5.74, 6) is 0.290. The number of benzene rings is 1. The van der Waals surface area contributed by atoms with Crippen LogP contribution in [0.4, 0.5) is 0 Å². The van der Waals surface area contributed by atoms with Crippen LogP contribution in [-0.4, -0.2) is 12.6 Å². The number of carbonyl (C=O) groups is 1. The van der Waals surface area contributed by atoms with Crippen molar-refractivity contribution in [3.63, 3.8) is 0 Å². The maximum Gasteiger partial charge on any atom is 0.315 e. The molecule has 0 saturated heterocycles. The van der Waals surface area contributed by atoms with E-state index in [1.165, 1.54) is 11.1 Å². The van der Waals surface area contributed by atoms with E-state index < -0.39 is 5.41 Å². The van der Waals surface area contributed by atoms with Crippen LogP contribution in [-0.2, 0) is 16.0 Å². The Labute approximate surface area is 109 Å². The normalized spacial score (nSPS) is 20.2. The van der Waals surface area contributed by atoms with E-state index >= 15 is 0 Å². The predicted molar refractivity (Wildman–Crippen MR) is 72.4 cm³/mol. The topological polar surface area (TPSA) is 26.3 Å². The third kappa shape index (κ3) is 2.20. The lowest BCUT2D eigenvalue weighted by atomic mass is 9.69. The molecule has 2 nitrogen and oxygen atoms in total. The molecule has 1 aliphatic rings. The van der Waals surface area contributed by atoms with Gasteiger partial charge in [-0.25, -0.2) is 0 Å². The molecule has 2 atom stereocenters. The summed E-state index contributed by atoms with van der Waals surface area (Å²) in [5.41, 5.74) is 2.20. The molecule has 1 aromatic rings. The summed E-state index contributed by atoms with van der Waals surface area (Å²) in [6.45, 7) is 7.97. The highest BCUT2D eigenvalue weighted by atomic mass is 16.5.